The van der Waals surface area contributed by atoms with Crippen molar-refractivity contribution in [1.29, 1.82) is 0 Å². The molecule has 0 amide bonds. The number of thiophene rings is 1. The van der Waals surface area contributed by atoms with E-state index in [9.17, 15) is 4.79 Å². The van der Waals surface area contributed by atoms with Crippen LogP contribution in [0.25, 0.3) is 16.5 Å². The van der Waals surface area contributed by atoms with E-state index < -0.39 is 5.97 Å². The summed E-state index contributed by atoms with van der Waals surface area (Å²) in [6.07, 6.45) is 1.67. The Labute approximate surface area is 104 Å². The smallest absolute Gasteiger partial charge is 0.331 e. The van der Waals surface area contributed by atoms with Gasteiger partial charge in [-0.3, -0.25) is 0 Å². The summed E-state index contributed by atoms with van der Waals surface area (Å²) in [4.78, 5) is 11.9. The van der Waals surface area contributed by atoms with Gasteiger partial charge in [-0.1, -0.05) is 30.3 Å². The van der Waals surface area contributed by atoms with Gasteiger partial charge in [0, 0.05) is 10.5 Å². The van der Waals surface area contributed by atoms with Crippen molar-refractivity contribution in [1.82, 2.24) is 0 Å². The predicted molar refractivity (Wildman–Crippen MR) is 71.0 cm³/mol. The maximum absolute atomic E-state index is 10.7. The first-order valence-corrected chi connectivity index (χ1v) is 6.10. The van der Waals surface area contributed by atoms with Gasteiger partial charge in [0.1, 0.15) is 0 Å². The van der Waals surface area contributed by atoms with Crippen LogP contribution in [-0.4, -0.2) is 11.1 Å². The van der Waals surface area contributed by atoms with Gasteiger partial charge in [0.05, 0.1) is 0 Å². The lowest BCUT2D eigenvalue weighted by atomic mass is 10.1. The van der Waals surface area contributed by atoms with Crippen LogP contribution in [0, 0.1) is 0 Å². The molecular formula is C14H12O2S. The molecule has 3 heteroatoms. The van der Waals surface area contributed by atoms with E-state index in [4.69, 9.17) is 5.11 Å². The number of rotatable bonds is 3. The Morgan fingerprint density at radius 3 is 2.47 bits per heavy atom. The Morgan fingerprint density at radius 1 is 1.24 bits per heavy atom. The van der Waals surface area contributed by atoms with Gasteiger partial charge in [0.15, 0.2) is 0 Å². The summed E-state index contributed by atoms with van der Waals surface area (Å²) in [5.41, 5.74) is 2.41. The number of hydrogen-bond acceptors (Lipinski definition) is 2. The molecule has 0 aliphatic heterocycles. The first-order chi connectivity index (χ1) is 8.16. The van der Waals surface area contributed by atoms with E-state index in [1.165, 1.54) is 4.88 Å². The minimum absolute atomic E-state index is 0.342. The summed E-state index contributed by atoms with van der Waals surface area (Å²) >= 11 is 1.69. The molecule has 0 saturated heterocycles. The van der Waals surface area contributed by atoms with Crippen molar-refractivity contribution >= 4 is 23.4 Å². The Hall–Kier alpha value is -1.87. The molecule has 0 unspecified atom stereocenters. The zero-order chi connectivity index (χ0) is 12.3. The molecule has 1 heterocycles. The molecule has 0 bridgehead atoms. The fraction of sp³-hybridized carbons (Fsp3) is 0.0714. The van der Waals surface area contributed by atoms with Gasteiger partial charge in [-0.05, 0) is 35.6 Å². The second kappa shape index (κ2) is 4.97. The summed E-state index contributed by atoms with van der Waals surface area (Å²) in [7, 11) is 0. The highest BCUT2D eigenvalue weighted by atomic mass is 32.1. The predicted octanol–water partition coefficient (Wildman–Crippen LogP) is 3.90. The zero-order valence-corrected chi connectivity index (χ0v) is 10.2. The molecule has 1 aromatic heterocycles. The van der Waals surface area contributed by atoms with E-state index in [0.29, 0.717) is 5.57 Å². The normalized spacial score (nSPS) is 11.5. The Balaban J connectivity index is 2.25. The molecule has 2 rings (SSSR count). The van der Waals surface area contributed by atoms with Crippen molar-refractivity contribution in [3.8, 4) is 10.4 Å². The number of carboxylic acids is 1. The highest BCUT2D eigenvalue weighted by Crippen LogP contribution is 2.25. The average Bonchev–Trinajstić information content (AvgIpc) is 2.83. The van der Waals surface area contributed by atoms with Crippen molar-refractivity contribution in [3.63, 3.8) is 0 Å². The molecule has 1 N–H and O–H groups in total. The van der Waals surface area contributed by atoms with Gasteiger partial charge in [0.25, 0.3) is 0 Å². The summed E-state index contributed by atoms with van der Waals surface area (Å²) in [6.45, 7) is 1.59. The van der Waals surface area contributed by atoms with Gasteiger partial charge < -0.3 is 5.11 Å². The van der Waals surface area contributed by atoms with Crippen molar-refractivity contribution < 1.29 is 9.90 Å². The Morgan fingerprint density at radius 2 is 1.94 bits per heavy atom. The molecule has 2 nitrogen and oxygen atoms in total. The molecule has 0 spiro atoms. The third kappa shape index (κ3) is 2.82. The van der Waals surface area contributed by atoms with Crippen LogP contribution in [0.4, 0.5) is 0 Å². The molecule has 17 heavy (non-hydrogen) atoms. The summed E-state index contributed by atoms with van der Waals surface area (Å²) in [5, 5.41) is 10.8. The molecule has 86 valence electrons. The minimum Gasteiger partial charge on any atom is -0.478 e. The Kier molecular flexibility index (Phi) is 3.40. The number of benzene rings is 1. The lowest BCUT2D eigenvalue weighted by Gasteiger charge is -1.99. The topological polar surface area (TPSA) is 37.3 Å². The van der Waals surface area contributed by atoms with Crippen LogP contribution >= 0.6 is 11.3 Å². The molecule has 0 atom stereocenters. The monoisotopic (exact) mass is 244 g/mol. The number of hydrogen-bond donors (Lipinski definition) is 1. The zero-order valence-electron chi connectivity index (χ0n) is 9.38. The van der Waals surface area contributed by atoms with Crippen LogP contribution in [0.15, 0.2) is 47.4 Å². The minimum atomic E-state index is -0.882. The summed E-state index contributed by atoms with van der Waals surface area (Å²) in [6, 6.07) is 12.0. The first-order valence-electron chi connectivity index (χ1n) is 5.22. The third-order valence-electron chi connectivity index (χ3n) is 2.44. The standard InChI is InChI=1S/C14H12O2S/c1-10(14(15)16)9-11-4-6-12(7-5-11)13-3-2-8-17-13/h2-9H,1H3,(H,15,16)/b10-9+. The average molecular weight is 244 g/mol. The molecule has 0 aliphatic carbocycles. The summed E-state index contributed by atoms with van der Waals surface area (Å²) in [5.74, 6) is -0.882. The fourth-order valence-electron chi connectivity index (χ4n) is 1.50. The second-order valence-corrected chi connectivity index (χ2v) is 4.68. The largest absolute Gasteiger partial charge is 0.478 e. The van der Waals surface area contributed by atoms with E-state index in [2.05, 4.69) is 6.07 Å². The highest BCUT2D eigenvalue weighted by molar-refractivity contribution is 7.13. The SMILES string of the molecule is C/C(=C\c1ccc(-c2cccs2)cc1)C(=O)O. The lowest BCUT2D eigenvalue weighted by Crippen LogP contribution is -1.95. The van der Waals surface area contributed by atoms with Crippen LogP contribution in [0.2, 0.25) is 0 Å². The van der Waals surface area contributed by atoms with Crippen LogP contribution in [-0.2, 0) is 4.79 Å². The number of carboxylic acid groups (broad SMARTS) is 1. The van der Waals surface area contributed by atoms with Crippen molar-refractivity contribution in [2.45, 2.75) is 6.92 Å². The molecular weight excluding hydrogens is 232 g/mol. The van der Waals surface area contributed by atoms with Crippen LogP contribution in [0.1, 0.15) is 12.5 Å². The highest BCUT2D eigenvalue weighted by Gasteiger charge is 2.01. The van der Waals surface area contributed by atoms with Crippen molar-refractivity contribution in [2.75, 3.05) is 0 Å². The van der Waals surface area contributed by atoms with Gasteiger partial charge in [-0.25, -0.2) is 4.79 Å². The maximum Gasteiger partial charge on any atom is 0.331 e. The van der Waals surface area contributed by atoms with Crippen molar-refractivity contribution in [3.05, 3.63) is 52.9 Å². The van der Waals surface area contributed by atoms with Crippen LogP contribution in [0.3, 0.4) is 0 Å². The summed E-state index contributed by atoms with van der Waals surface area (Å²) < 4.78 is 0. The van der Waals surface area contributed by atoms with E-state index in [-0.39, 0.29) is 0 Å². The Bertz CT molecular complexity index is 536. The van der Waals surface area contributed by atoms with Crippen LogP contribution in [0.5, 0.6) is 0 Å². The third-order valence-corrected chi connectivity index (χ3v) is 3.36. The quantitative estimate of drug-likeness (QED) is 0.831. The number of carbonyl (C=O) groups is 1. The van der Waals surface area contributed by atoms with Crippen LogP contribution < -0.4 is 0 Å². The lowest BCUT2D eigenvalue weighted by molar-refractivity contribution is -0.132. The second-order valence-electron chi connectivity index (χ2n) is 3.73. The molecule has 0 fully saturated rings. The van der Waals surface area contributed by atoms with Gasteiger partial charge in [0.2, 0.25) is 0 Å². The van der Waals surface area contributed by atoms with E-state index in [0.717, 1.165) is 11.1 Å². The molecule has 0 radical (unpaired) electrons. The van der Waals surface area contributed by atoms with E-state index in [1.807, 2.05) is 35.7 Å². The van der Waals surface area contributed by atoms with E-state index in [1.54, 1.807) is 24.3 Å². The van der Waals surface area contributed by atoms with Gasteiger partial charge in [-0.2, -0.15) is 0 Å². The first kappa shape index (κ1) is 11.6. The fourth-order valence-corrected chi connectivity index (χ4v) is 2.23. The van der Waals surface area contributed by atoms with Gasteiger partial charge in [-0.15, -0.1) is 11.3 Å². The van der Waals surface area contributed by atoms with Gasteiger partial charge >= 0.3 is 5.97 Å². The number of aliphatic carboxylic acids is 1. The molecule has 1 aromatic carbocycles. The van der Waals surface area contributed by atoms with Crippen molar-refractivity contribution in [2.24, 2.45) is 0 Å². The molecule has 2 aromatic rings. The van der Waals surface area contributed by atoms with E-state index >= 15 is 0 Å². The molecule has 0 aliphatic rings. The maximum atomic E-state index is 10.7. The molecule has 0 saturated carbocycles.